The summed E-state index contributed by atoms with van der Waals surface area (Å²) < 4.78 is 28.1. The van der Waals surface area contributed by atoms with Gasteiger partial charge in [0.25, 0.3) is 5.91 Å². The fourth-order valence-corrected chi connectivity index (χ4v) is 4.62. The number of carbonyl (C=O) groups is 3. The molecule has 2 aliphatic rings. The van der Waals surface area contributed by atoms with Crippen molar-refractivity contribution in [1.29, 1.82) is 0 Å². The summed E-state index contributed by atoms with van der Waals surface area (Å²) >= 11 is 0. The maximum atomic E-state index is 14.6. The summed E-state index contributed by atoms with van der Waals surface area (Å²) in [6, 6.07) is 14.6. The van der Waals surface area contributed by atoms with E-state index in [0.717, 1.165) is 33.1 Å². The van der Waals surface area contributed by atoms with Crippen LogP contribution >= 0.6 is 0 Å². The van der Waals surface area contributed by atoms with Crippen molar-refractivity contribution in [1.82, 2.24) is 15.2 Å². The van der Waals surface area contributed by atoms with Gasteiger partial charge in [-0.2, -0.15) is 0 Å². The van der Waals surface area contributed by atoms with Crippen LogP contribution < -0.4 is 10.2 Å². The minimum Gasteiger partial charge on any atom is -0.319 e. The Hall–Kier alpha value is -4.14. The van der Waals surface area contributed by atoms with Gasteiger partial charge in [-0.3, -0.25) is 19.5 Å². The van der Waals surface area contributed by atoms with Crippen LogP contribution in [0.25, 0.3) is 0 Å². The summed E-state index contributed by atoms with van der Waals surface area (Å²) in [5.74, 6) is -2.96. The Balaban J connectivity index is 1.44. The highest BCUT2D eigenvalue weighted by Gasteiger charge is 2.55. The first kappa shape index (κ1) is 21.7. The molecule has 1 N–H and O–H groups in total. The Morgan fingerprint density at radius 3 is 2.65 bits per heavy atom. The number of amides is 4. The molecule has 1 aromatic heterocycles. The molecule has 9 heteroatoms. The summed E-state index contributed by atoms with van der Waals surface area (Å²) in [6.07, 6.45) is 2.54. The van der Waals surface area contributed by atoms with Gasteiger partial charge in [0.05, 0.1) is 17.9 Å². The molecule has 1 unspecified atom stereocenters. The standard InChI is InChI=1S/C25H20F2N4O3/c26-17-8-9-21(20(27)13-17)30(14-18-6-3-4-12-28-18)22(32)15-31-23(33)25(29-24(31)34)11-10-16-5-1-2-7-19(16)25/h1-9,12-13H,10-11,14-15H2,(H,29,34). The monoisotopic (exact) mass is 462 g/mol. The summed E-state index contributed by atoms with van der Waals surface area (Å²) in [5, 5.41) is 2.77. The fraction of sp³-hybridized carbons (Fsp3) is 0.200. The van der Waals surface area contributed by atoms with E-state index in [2.05, 4.69) is 10.3 Å². The number of fused-ring (bicyclic) bond motifs is 2. The third-order valence-electron chi connectivity index (χ3n) is 6.26. The molecule has 34 heavy (non-hydrogen) atoms. The quantitative estimate of drug-likeness (QED) is 0.590. The number of aromatic nitrogens is 1. The Labute approximate surface area is 194 Å². The maximum absolute atomic E-state index is 14.6. The van der Waals surface area contributed by atoms with E-state index in [4.69, 9.17) is 0 Å². The van der Waals surface area contributed by atoms with E-state index in [-0.39, 0.29) is 12.2 Å². The molecule has 1 aliphatic heterocycles. The topological polar surface area (TPSA) is 82.6 Å². The summed E-state index contributed by atoms with van der Waals surface area (Å²) in [4.78, 5) is 45.6. The van der Waals surface area contributed by atoms with E-state index in [1.165, 1.54) is 6.20 Å². The van der Waals surface area contributed by atoms with Crippen LogP contribution in [0.5, 0.6) is 0 Å². The zero-order valence-electron chi connectivity index (χ0n) is 18.0. The third kappa shape index (κ3) is 3.59. The smallest absolute Gasteiger partial charge is 0.319 e. The van der Waals surface area contributed by atoms with Gasteiger partial charge in [0.2, 0.25) is 5.91 Å². The van der Waals surface area contributed by atoms with Crippen molar-refractivity contribution in [3.05, 3.63) is 95.3 Å². The van der Waals surface area contributed by atoms with Crippen molar-refractivity contribution in [2.45, 2.75) is 24.9 Å². The number of nitrogens with zero attached hydrogens (tertiary/aromatic N) is 3. The first-order chi connectivity index (χ1) is 16.4. The molecular formula is C25H20F2N4O3. The zero-order chi connectivity index (χ0) is 23.9. The lowest BCUT2D eigenvalue weighted by molar-refractivity contribution is -0.134. The molecule has 1 atom stereocenters. The molecule has 1 saturated heterocycles. The Kier molecular flexibility index (Phi) is 5.31. The number of hydrogen-bond donors (Lipinski definition) is 1. The van der Waals surface area contributed by atoms with E-state index >= 15 is 0 Å². The summed E-state index contributed by atoms with van der Waals surface area (Å²) in [7, 11) is 0. The summed E-state index contributed by atoms with van der Waals surface area (Å²) in [6.45, 7) is -0.724. The van der Waals surface area contributed by atoms with E-state index < -0.39 is 41.6 Å². The average Bonchev–Trinajstić information content (AvgIpc) is 3.31. The van der Waals surface area contributed by atoms with Gasteiger partial charge < -0.3 is 10.2 Å². The Bertz CT molecular complexity index is 1300. The van der Waals surface area contributed by atoms with Crippen LogP contribution in [0.15, 0.2) is 66.9 Å². The molecule has 2 heterocycles. The Morgan fingerprint density at radius 1 is 1.09 bits per heavy atom. The number of pyridine rings is 1. The number of anilines is 1. The van der Waals surface area contributed by atoms with Crippen molar-refractivity contribution in [2.75, 3.05) is 11.4 Å². The predicted octanol–water partition coefficient (Wildman–Crippen LogP) is 3.29. The molecule has 0 radical (unpaired) electrons. The molecule has 2 aromatic carbocycles. The molecule has 1 aliphatic carbocycles. The van der Waals surface area contributed by atoms with Crippen molar-refractivity contribution >= 4 is 23.5 Å². The second-order valence-electron chi connectivity index (χ2n) is 8.28. The SMILES string of the molecule is O=C1NC2(CCc3ccccc32)C(=O)N1CC(=O)N(Cc1ccccn1)c1ccc(F)cc1F. The first-order valence-corrected chi connectivity index (χ1v) is 10.8. The van der Waals surface area contributed by atoms with Crippen molar-refractivity contribution < 1.29 is 23.2 Å². The lowest BCUT2D eigenvalue weighted by Crippen LogP contribution is -2.45. The van der Waals surface area contributed by atoms with E-state index in [1.54, 1.807) is 30.3 Å². The number of nitrogens with one attached hydrogen (secondary N) is 1. The first-order valence-electron chi connectivity index (χ1n) is 10.8. The second-order valence-corrected chi connectivity index (χ2v) is 8.28. The number of halogens is 2. The van der Waals surface area contributed by atoms with E-state index in [9.17, 15) is 23.2 Å². The van der Waals surface area contributed by atoms with Crippen molar-refractivity contribution in [3.63, 3.8) is 0 Å². The molecule has 5 rings (SSSR count). The number of aryl methyl sites for hydroxylation is 1. The summed E-state index contributed by atoms with van der Waals surface area (Å²) in [5.41, 5.74) is 0.761. The van der Waals surface area contributed by atoms with Crippen LogP contribution in [0.1, 0.15) is 23.2 Å². The van der Waals surface area contributed by atoms with Crippen molar-refractivity contribution in [2.24, 2.45) is 0 Å². The van der Waals surface area contributed by atoms with E-state index in [0.29, 0.717) is 24.6 Å². The molecular weight excluding hydrogens is 442 g/mol. The lowest BCUT2D eigenvalue weighted by atomic mass is 9.92. The molecule has 7 nitrogen and oxygen atoms in total. The normalized spacial score (nSPS) is 18.8. The van der Waals surface area contributed by atoms with Crippen LogP contribution in [-0.2, 0) is 28.1 Å². The zero-order valence-corrected chi connectivity index (χ0v) is 18.0. The average molecular weight is 462 g/mol. The molecule has 172 valence electrons. The Morgan fingerprint density at radius 2 is 1.88 bits per heavy atom. The van der Waals surface area contributed by atoms with Crippen LogP contribution in [0, 0.1) is 11.6 Å². The number of hydrogen-bond acceptors (Lipinski definition) is 4. The fourth-order valence-electron chi connectivity index (χ4n) is 4.62. The van der Waals surface area contributed by atoms with Gasteiger partial charge in [-0.1, -0.05) is 30.3 Å². The molecule has 0 bridgehead atoms. The number of imide groups is 1. The highest BCUT2D eigenvalue weighted by atomic mass is 19.1. The molecule has 1 fully saturated rings. The van der Waals surface area contributed by atoms with Gasteiger partial charge in [0.1, 0.15) is 23.7 Å². The van der Waals surface area contributed by atoms with Crippen molar-refractivity contribution in [3.8, 4) is 0 Å². The van der Waals surface area contributed by atoms with Crippen LogP contribution in [-0.4, -0.2) is 34.3 Å². The molecule has 1 spiro atoms. The van der Waals surface area contributed by atoms with E-state index in [1.807, 2.05) is 12.1 Å². The number of rotatable bonds is 5. The highest BCUT2D eigenvalue weighted by Crippen LogP contribution is 2.41. The van der Waals surface area contributed by atoms with Crippen LogP contribution in [0.3, 0.4) is 0 Å². The maximum Gasteiger partial charge on any atom is 0.325 e. The largest absolute Gasteiger partial charge is 0.325 e. The van der Waals surface area contributed by atoms with Crippen LogP contribution in [0.4, 0.5) is 19.3 Å². The minimum atomic E-state index is -1.21. The molecule has 4 amide bonds. The number of carbonyl (C=O) groups excluding carboxylic acids is 3. The molecule has 0 saturated carbocycles. The number of benzene rings is 2. The number of urea groups is 1. The van der Waals surface area contributed by atoms with Gasteiger partial charge in [0.15, 0.2) is 0 Å². The lowest BCUT2D eigenvalue weighted by Gasteiger charge is -2.26. The van der Waals surface area contributed by atoms with Crippen LogP contribution in [0.2, 0.25) is 0 Å². The van der Waals surface area contributed by atoms with Gasteiger partial charge in [-0.15, -0.1) is 0 Å². The van der Waals surface area contributed by atoms with Gasteiger partial charge >= 0.3 is 6.03 Å². The minimum absolute atomic E-state index is 0.125. The van der Waals surface area contributed by atoms with Gasteiger partial charge in [-0.05, 0) is 48.2 Å². The predicted molar refractivity (Wildman–Crippen MR) is 118 cm³/mol. The third-order valence-corrected chi connectivity index (χ3v) is 6.26. The van der Waals surface area contributed by atoms with Gasteiger partial charge in [-0.25, -0.2) is 13.6 Å². The second kappa shape index (κ2) is 8.33. The highest BCUT2D eigenvalue weighted by molar-refractivity contribution is 6.11. The van der Waals surface area contributed by atoms with Gasteiger partial charge in [0, 0.05) is 12.3 Å². The molecule has 3 aromatic rings.